The average molecular weight is 433 g/mol. The lowest BCUT2D eigenvalue weighted by Gasteiger charge is -2.28. The first-order chi connectivity index (χ1) is 15.3. The Balaban J connectivity index is 1.92. The summed E-state index contributed by atoms with van der Waals surface area (Å²) in [6.45, 7) is 5.12. The van der Waals surface area contributed by atoms with Crippen LogP contribution < -0.4 is 0 Å². The van der Waals surface area contributed by atoms with Gasteiger partial charge in [0, 0.05) is 0 Å². The van der Waals surface area contributed by atoms with Gasteiger partial charge in [-0.3, -0.25) is 0 Å². The fourth-order valence-electron chi connectivity index (χ4n) is 3.23. The van der Waals surface area contributed by atoms with Crippen LogP contribution >= 0.6 is 0 Å². The molecule has 0 amide bonds. The zero-order valence-electron chi connectivity index (χ0n) is 18.6. The van der Waals surface area contributed by atoms with E-state index in [4.69, 9.17) is 14.2 Å². The van der Waals surface area contributed by atoms with Crippen molar-refractivity contribution in [1.29, 1.82) is 0 Å². The molecule has 0 aliphatic rings. The van der Waals surface area contributed by atoms with Gasteiger partial charge < -0.3 is 14.2 Å². The van der Waals surface area contributed by atoms with Crippen LogP contribution in [0.15, 0.2) is 91.0 Å². The fraction of sp³-hybridized carbons (Fsp3) is 0.259. The Morgan fingerprint density at radius 1 is 0.719 bits per heavy atom. The molecule has 0 aromatic heterocycles. The summed E-state index contributed by atoms with van der Waals surface area (Å²) in [5.74, 6) is -0.958. The molecule has 0 spiro atoms. The maximum Gasteiger partial charge on any atom is 0.338 e. The molecule has 0 fully saturated rings. The normalized spacial score (nSPS) is 13.1. The van der Waals surface area contributed by atoms with Crippen LogP contribution in [0.25, 0.3) is 0 Å². The molecule has 0 unspecified atom stereocenters. The number of hydrogen-bond acceptors (Lipinski definition) is 5. The second-order valence-corrected chi connectivity index (χ2v) is 8.33. The summed E-state index contributed by atoms with van der Waals surface area (Å²) in [4.78, 5) is 25.3. The van der Waals surface area contributed by atoms with Crippen LogP contribution in [-0.4, -0.2) is 24.1 Å². The highest BCUT2D eigenvalue weighted by atomic mass is 16.6. The zero-order valence-corrected chi connectivity index (χ0v) is 18.6. The quantitative estimate of drug-likeness (QED) is 0.428. The number of rotatable bonds is 8. The molecule has 0 radical (unpaired) electrons. The molecule has 0 saturated carbocycles. The first-order valence-electron chi connectivity index (χ1n) is 10.5. The van der Waals surface area contributed by atoms with Gasteiger partial charge in [-0.15, -0.1) is 0 Å². The molecule has 0 N–H and O–H groups in total. The minimum atomic E-state index is -0.770. The van der Waals surface area contributed by atoms with E-state index >= 15 is 0 Å². The minimum absolute atomic E-state index is 0.275. The molecule has 0 heterocycles. The van der Waals surface area contributed by atoms with Gasteiger partial charge in [0.15, 0.2) is 6.10 Å². The van der Waals surface area contributed by atoms with E-state index in [0.29, 0.717) is 5.56 Å². The molecule has 3 rings (SSSR count). The van der Waals surface area contributed by atoms with Crippen molar-refractivity contribution >= 4 is 11.9 Å². The Kier molecular flexibility index (Phi) is 7.79. The highest BCUT2D eigenvalue weighted by Gasteiger charge is 2.31. The van der Waals surface area contributed by atoms with E-state index in [9.17, 15) is 9.59 Å². The minimum Gasteiger partial charge on any atom is -0.458 e. The predicted octanol–water partition coefficient (Wildman–Crippen LogP) is 5.68. The lowest BCUT2D eigenvalue weighted by atomic mass is 9.97. The standard InChI is InChI=1S/C27H28O5/c1-27(2,3)32-23(28)19-30-24(20-13-7-4-8-14-20)25(21-15-9-5-10-16-21)31-26(29)22-17-11-6-12-18-22/h4-18,24-25H,19H2,1-3H3/t24-,25+/m0/s1. The number of hydrogen-bond donors (Lipinski definition) is 0. The lowest BCUT2D eigenvalue weighted by Crippen LogP contribution is -2.28. The van der Waals surface area contributed by atoms with E-state index in [0.717, 1.165) is 11.1 Å². The summed E-state index contributed by atoms with van der Waals surface area (Å²) in [6.07, 6.45) is -1.48. The van der Waals surface area contributed by atoms with E-state index in [1.807, 2.05) is 66.7 Å². The largest absolute Gasteiger partial charge is 0.458 e. The summed E-state index contributed by atoms with van der Waals surface area (Å²) in [6, 6.07) is 27.6. The van der Waals surface area contributed by atoms with Crippen molar-refractivity contribution in [3.05, 3.63) is 108 Å². The molecule has 0 saturated heterocycles. The number of carbonyl (C=O) groups excluding carboxylic acids is 2. The van der Waals surface area contributed by atoms with Crippen LogP contribution in [0.5, 0.6) is 0 Å². The molecule has 0 bridgehead atoms. The molecular weight excluding hydrogens is 404 g/mol. The van der Waals surface area contributed by atoms with Gasteiger partial charge in [0.25, 0.3) is 0 Å². The van der Waals surface area contributed by atoms with Crippen LogP contribution in [0.4, 0.5) is 0 Å². The smallest absolute Gasteiger partial charge is 0.338 e. The van der Waals surface area contributed by atoms with Gasteiger partial charge in [0.1, 0.15) is 18.3 Å². The third-order valence-corrected chi connectivity index (χ3v) is 4.58. The van der Waals surface area contributed by atoms with Gasteiger partial charge in [-0.25, -0.2) is 9.59 Å². The van der Waals surface area contributed by atoms with Gasteiger partial charge in [0.05, 0.1) is 5.56 Å². The van der Waals surface area contributed by atoms with E-state index in [1.165, 1.54) is 0 Å². The molecule has 3 aromatic carbocycles. The highest BCUT2D eigenvalue weighted by Crippen LogP contribution is 2.36. The lowest BCUT2D eigenvalue weighted by molar-refractivity contribution is -0.165. The maximum atomic E-state index is 12.9. The molecule has 5 heteroatoms. The molecular formula is C27H28O5. The highest BCUT2D eigenvalue weighted by molar-refractivity contribution is 5.89. The van der Waals surface area contributed by atoms with Gasteiger partial charge in [-0.2, -0.15) is 0 Å². The average Bonchev–Trinajstić information content (AvgIpc) is 2.79. The van der Waals surface area contributed by atoms with Gasteiger partial charge in [-0.05, 0) is 44.0 Å². The molecule has 0 aliphatic carbocycles. The van der Waals surface area contributed by atoms with E-state index in [1.54, 1.807) is 45.0 Å². The molecule has 5 nitrogen and oxygen atoms in total. The molecule has 2 atom stereocenters. The van der Waals surface area contributed by atoms with Crippen LogP contribution in [0.2, 0.25) is 0 Å². The van der Waals surface area contributed by atoms with E-state index < -0.39 is 29.7 Å². The third kappa shape index (κ3) is 6.79. The summed E-state index contributed by atoms with van der Waals surface area (Å²) < 4.78 is 17.4. The fourth-order valence-corrected chi connectivity index (χ4v) is 3.23. The third-order valence-electron chi connectivity index (χ3n) is 4.58. The van der Waals surface area contributed by atoms with Crippen LogP contribution in [-0.2, 0) is 19.0 Å². The van der Waals surface area contributed by atoms with Gasteiger partial charge in [0.2, 0.25) is 0 Å². The van der Waals surface area contributed by atoms with Crippen molar-refractivity contribution in [2.75, 3.05) is 6.61 Å². The number of esters is 2. The number of ether oxygens (including phenoxy) is 3. The predicted molar refractivity (Wildman–Crippen MR) is 122 cm³/mol. The Labute approximate surface area is 188 Å². The van der Waals surface area contributed by atoms with Crippen molar-refractivity contribution < 1.29 is 23.8 Å². The summed E-state index contributed by atoms with van der Waals surface area (Å²) >= 11 is 0. The van der Waals surface area contributed by atoms with Crippen molar-refractivity contribution in [1.82, 2.24) is 0 Å². The van der Waals surface area contributed by atoms with E-state index in [2.05, 4.69) is 0 Å². The van der Waals surface area contributed by atoms with Gasteiger partial charge >= 0.3 is 11.9 Å². The zero-order chi connectivity index (χ0) is 23.0. The first-order valence-corrected chi connectivity index (χ1v) is 10.5. The Bertz CT molecular complexity index is 994. The topological polar surface area (TPSA) is 61.8 Å². The Morgan fingerprint density at radius 2 is 1.19 bits per heavy atom. The first kappa shape index (κ1) is 23.2. The molecule has 3 aromatic rings. The summed E-state index contributed by atoms with van der Waals surface area (Å²) in [7, 11) is 0. The van der Waals surface area contributed by atoms with Crippen molar-refractivity contribution in [3.63, 3.8) is 0 Å². The SMILES string of the molecule is CC(C)(C)OC(=O)CO[C@@H](c1ccccc1)[C@H](OC(=O)c1ccccc1)c1ccccc1. The van der Waals surface area contributed by atoms with Crippen molar-refractivity contribution in [2.24, 2.45) is 0 Å². The summed E-state index contributed by atoms with van der Waals surface area (Å²) in [5, 5.41) is 0. The van der Waals surface area contributed by atoms with Crippen LogP contribution in [0, 0.1) is 0 Å². The Morgan fingerprint density at radius 3 is 1.69 bits per heavy atom. The van der Waals surface area contributed by atoms with Gasteiger partial charge in [-0.1, -0.05) is 78.9 Å². The van der Waals surface area contributed by atoms with Crippen molar-refractivity contribution in [3.8, 4) is 0 Å². The second-order valence-electron chi connectivity index (χ2n) is 8.33. The molecule has 32 heavy (non-hydrogen) atoms. The molecule has 166 valence electrons. The van der Waals surface area contributed by atoms with Crippen LogP contribution in [0.3, 0.4) is 0 Å². The molecule has 0 aliphatic heterocycles. The maximum absolute atomic E-state index is 12.9. The van der Waals surface area contributed by atoms with Crippen molar-refractivity contribution in [2.45, 2.75) is 38.6 Å². The summed E-state index contributed by atoms with van der Waals surface area (Å²) in [5.41, 5.74) is 1.36. The number of carbonyl (C=O) groups is 2. The number of benzene rings is 3. The van der Waals surface area contributed by atoms with E-state index in [-0.39, 0.29) is 6.61 Å². The van der Waals surface area contributed by atoms with Crippen LogP contribution in [0.1, 0.15) is 54.5 Å². The second kappa shape index (κ2) is 10.7. The monoisotopic (exact) mass is 432 g/mol. The Hall–Kier alpha value is -3.44.